The minimum Gasteiger partial charge on any atom is -0.296 e. The highest BCUT2D eigenvalue weighted by molar-refractivity contribution is 6.16. The molecule has 3 aromatic rings. The van der Waals surface area contributed by atoms with Crippen molar-refractivity contribution >= 4 is 11.5 Å². The van der Waals surface area contributed by atoms with E-state index in [-0.39, 0.29) is 5.78 Å². The Hall–Kier alpha value is -3.11. The molecule has 172 valence electrons. The Morgan fingerprint density at radius 2 is 1.97 bits per heavy atom. The molecule has 1 aliphatic carbocycles. The molecule has 4 nitrogen and oxygen atoms in total. The fraction of sp³-hybridized carbons (Fsp3) is 0.367. The summed E-state index contributed by atoms with van der Waals surface area (Å²) in [6.45, 7) is 4.85. The smallest absolute Gasteiger partial charge is 0.163 e. The number of aliphatic imine (C=N–C) groups is 1. The van der Waals surface area contributed by atoms with Crippen molar-refractivity contribution in [1.29, 1.82) is 0 Å². The van der Waals surface area contributed by atoms with Crippen molar-refractivity contribution in [3.63, 3.8) is 0 Å². The van der Waals surface area contributed by atoms with Gasteiger partial charge in [0.1, 0.15) is 0 Å². The van der Waals surface area contributed by atoms with Crippen LogP contribution in [0.2, 0.25) is 0 Å². The molecule has 0 spiro atoms. The quantitative estimate of drug-likeness (QED) is 0.469. The van der Waals surface area contributed by atoms with Crippen LogP contribution < -0.4 is 0 Å². The standard InChI is InChI=1S/C30H31N3O/c1-20-15-24(12-13-31-20)30-27-17-23(8-9-25(27)18-32-30)29(34)16-21-5-4-14-33(19-21)28-11-10-22-6-2-3-7-26(22)28/h2-3,6-9,12-13,15,17,21,28H,4-5,10-11,14,16,18-19H2,1H3/t21-,28?/m0/s1. The van der Waals surface area contributed by atoms with Crippen LogP contribution in [-0.4, -0.2) is 34.5 Å². The Kier molecular flexibility index (Phi) is 5.62. The molecule has 4 heteroatoms. The topological polar surface area (TPSA) is 45.6 Å². The maximum absolute atomic E-state index is 13.4. The number of benzene rings is 2. The van der Waals surface area contributed by atoms with Crippen LogP contribution in [0.1, 0.15) is 75.6 Å². The maximum Gasteiger partial charge on any atom is 0.163 e. The fourth-order valence-electron chi connectivity index (χ4n) is 6.14. The number of rotatable bonds is 5. The number of nitrogens with zero attached hydrogens (tertiary/aromatic N) is 3. The molecule has 3 heterocycles. The second kappa shape index (κ2) is 8.92. The van der Waals surface area contributed by atoms with Gasteiger partial charge in [0.15, 0.2) is 5.78 Å². The minimum absolute atomic E-state index is 0.263. The number of Topliss-reactive ketones (excluding diaryl/α,β-unsaturated/α-hetero) is 1. The average Bonchev–Trinajstić information content (AvgIpc) is 3.48. The Morgan fingerprint density at radius 3 is 2.88 bits per heavy atom. The second-order valence-electron chi connectivity index (χ2n) is 10.1. The highest BCUT2D eigenvalue weighted by atomic mass is 16.1. The van der Waals surface area contributed by atoms with Gasteiger partial charge in [-0.15, -0.1) is 0 Å². The molecule has 0 amide bonds. The number of fused-ring (bicyclic) bond motifs is 2. The van der Waals surface area contributed by atoms with E-state index in [9.17, 15) is 4.79 Å². The van der Waals surface area contributed by atoms with Crippen molar-refractivity contribution in [2.75, 3.05) is 13.1 Å². The number of carbonyl (C=O) groups is 1. The van der Waals surface area contributed by atoms with Gasteiger partial charge in [0.2, 0.25) is 0 Å². The van der Waals surface area contributed by atoms with E-state index < -0.39 is 0 Å². The van der Waals surface area contributed by atoms with E-state index in [1.807, 2.05) is 25.3 Å². The van der Waals surface area contributed by atoms with Crippen molar-refractivity contribution in [1.82, 2.24) is 9.88 Å². The number of likely N-dealkylation sites (tertiary alicyclic amines) is 1. The van der Waals surface area contributed by atoms with Gasteiger partial charge in [-0.25, -0.2) is 0 Å². The third-order valence-electron chi connectivity index (χ3n) is 7.83. The first kappa shape index (κ1) is 21.4. The average molecular weight is 450 g/mol. The van der Waals surface area contributed by atoms with Crippen molar-refractivity contribution < 1.29 is 4.79 Å². The number of aryl methyl sites for hydroxylation is 2. The number of piperidine rings is 1. The van der Waals surface area contributed by atoms with Gasteiger partial charge in [0.25, 0.3) is 0 Å². The Labute approximate surface area is 201 Å². The van der Waals surface area contributed by atoms with Gasteiger partial charge in [-0.05, 0) is 80.0 Å². The summed E-state index contributed by atoms with van der Waals surface area (Å²) in [4.78, 5) is 25.1. The molecule has 0 radical (unpaired) electrons. The second-order valence-corrected chi connectivity index (χ2v) is 10.1. The number of carbonyl (C=O) groups excluding carboxylic acids is 1. The van der Waals surface area contributed by atoms with E-state index >= 15 is 0 Å². The molecule has 6 rings (SSSR count). The zero-order valence-electron chi connectivity index (χ0n) is 19.8. The van der Waals surface area contributed by atoms with Crippen LogP contribution in [0.15, 0.2) is 65.8 Å². The van der Waals surface area contributed by atoms with Gasteiger partial charge in [-0.2, -0.15) is 0 Å². The Bertz CT molecular complexity index is 1280. The lowest BCUT2D eigenvalue weighted by Crippen LogP contribution is -2.38. The summed E-state index contributed by atoms with van der Waals surface area (Å²) in [5.41, 5.74) is 9.18. The number of pyridine rings is 1. The first-order chi connectivity index (χ1) is 16.7. The molecule has 34 heavy (non-hydrogen) atoms. The molecule has 2 aliphatic heterocycles. The summed E-state index contributed by atoms with van der Waals surface area (Å²) in [6.07, 6.45) is 7.17. The van der Waals surface area contributed by atoms with E-state index in [4.69, 9.17) is 4.99 Å². The third kappa shape index (κ3) is 4.01. The predicted octanol–water partition coefficient (Wildman–Crippen LogP) is 5.71. The number of hydrogen-bond acceptors (Lipinski definition) is 4. The third-order valence-corrected chi connectivity index (χ3v) is 7.83. The van der Waals surface area contributed by atoms with E-state index in [1.165, 1.54) is 36.0 Å². The minimum atomic E-state index is 0.263. The highest BCUT2D eigenvalue weighted by Gasteiger charge is 2.32. The highest BCUT2D eigenvalue weighted by Crippen LogP contribution is 2.38. The van der Waals surface area contributed by atoms with Crippen LogP contribution in [0.25, 0.3) is 0 Å². The summed E-state index contributed by atoms with van der Waals surface area (Å²) in [7, 11) is 0. The molecule has 0 N–H and O–H groups in total. The lowest BCUT2D eigenvalue weighted by Gasteiger charge is -2.37. The van der Waals surface area contributed by atoms with Crippen LogP contribution in [0.3, 0.4) is 0 Å². The van der Waals surface area contributed by atoms with E-state index in [0.29, 0.717) is 24.9 Å². The molecule has 3 aliphatic rings. The molecule has 1 aromatic heterocycles. The van der Waals surface area contributed by atoms with Gasteiger partial charge in [0.05, 0.1) is 12.3 Å². The fourth-order valence-corrected chi connectivity index (χ4v) is 6.14. The first-order valence-corrected chi connectivity index (χ1v) is 12.6. The van der Waals surface area contributed by atoms with E-state index in [0.717, 1.165) is 47.6 Å². The Balaban J connectivity index is 1.17. The zero-order valence-corrected chi connectivity index (χ0v) is 19.8. The van der Waals surface area contributed by atoms with Crippen molar-refractivity contribution in [2.45, 2.75) is 51.6 Å². The van der Waals surface area contributed by atoms with Crippen molar-refractivity contribution in [2.24, 2.45) is 10.9 Å². The van der Waals surface area contributed by atoms with Gasteiger partial charge < -0.3 is 0 Å². The molecule has 1 saturated heterocycles. The number of hydrogen-bond donors (Lipinski definition) is 0. The van der Waals surface area contributed by atoms with Crippen LogP contribution >= 0.6 is 0 Å². The Morgan fingerprint density at radius 1 is 1.06 bits per heavy atom. The van der Waals surface area contributed by atoms with E-state index in [1.54, 1.807) is 0 Å². The molecular formula is C30H31N3O. The lowest BCUT2D eigenvalue weighted by molar-refractivity contribution is 0.0865. The van der Waals surface area contributed by atoms with E-state index in [2.05, 4.69) is 52.3 Å². The van der Waals surface area contributed by atoms with Crippen molar-refractivity contribution in [3.05, 3.63) is 99.9 Å². The number of aromatic nitrogens is 1. The summed E-state index contributed by atoms with van der Waals surface area (Å²) >= 11 is 0. The largest absolute Gasteiger partial charge is 0.296 e. The van der Waals surface area contributed by atoms with Gasteiger partial charge >= 0.3 is 0 Å². The predicted molar refractivity (Wildman–Crippen MR) is 136 cm³/mol. The van der Waals surface area contributed by atoms with Crippen LogP contribution in [-0.2, 0) is 13.0 Å². The molecular weight excluding hydrogens is 418 g/mol. The van der Waals surface area contributed by atoms with Crippen LogP contribution in [0.5, 0.6) is 0 Å². The molecule has 1 unspecified atom stereocenters. The SMILES string of the molecule is Cc1cc(C2=NCc3ccc(C(=O)C[C@@H]4CCCN(C5CCc6ccccc65)C4)cc32)ccn1. The zero-order chi connectivity index (χ0) is 23.1. The van der Waals surface area contributed by atoms with Crippen LogP contribution in [0, 0.1) is 12.8 Å². The first-order valence-electron chi connectivity index (χ1n) is 12.6. The molecule has 2 atom stereocenters. The molecule has 1 fully saturated rings. The molecule has 0 saturated carbocycles. The van der Waals surface area contributed by atoms with Crippen LogP contribution in [0.4, 0.5) is 0 Å². The van der Waals surface area contributed by atoms with Gasteiger partial charge in [-0.3, -0.25) is 19.7 Å². The summed E-state index contributed by atoms with van der Waals surface area (Å²) < 4.78 is 0. The molecule has 2 aromatic carbocycles. The summed E-state index contributed by atoms with van der Waals surface area (Å²) in [6, 6.07) is 19.7. The lowest BCUT2D eigenvalue weighted by atomic mass is 9.88. The molecule has 0 bridgehead atoms. The summed E-state index contributed by atoms with van der Waals surface area (Å²) in [5, 5.41) is 0. The number of ketones is 1. The van der Waals surface area contributed by atoms with Crippen molar-refractivity contribution in [3.8, 4) is 0 Å². The van der Waals surface area contributed by atoms with Gasteiger partial charge in [-0.1, -0.05) is 36.4 Å². The monoisotopic (exact) mass is 449 g/mol. The normalized spacial score (nSPS) is 21.7. The maximum atomic E-state index is 13.4. The summed E-state index contributed by atoms with van der Waals surface area (Å²) in [5.74, 6) is 0.692. The van der Waals surface area contributed by atoms with Gasteiger partial charge in [0, 0.05) is 47.6 Å².